The van der Waals surface area contributed by atoms with Crippen molar-refractivity contribution in [3.05, 3.63) is 64.7 Å². The van der Waals surface area contributed by atoms with Gasteiger partial charge in [-0.3, -0.25) is 0 Å². The predicted molar refractivity (Wildman–Crippen MR) is 93.2 cm³/mol. The highest BCUT2D eigenvalue weighted by Gasteiger charge is 2.32. The van der Waals surface area contributed by atoms with E-state index in [0.717, 1.165) is 23.4 Å². The van der Waals surface area contributed by atoms with Crippen molar-refractivity contribution in [1.82, 2.24) is 4.31 Å². The van der Waals surface area contributed by atoms with Crippen molar-refractivity contribution in [1.29, 1.82) is 0 Å². The lowest BCUT2D eigenvalue weighted by molar-refractivity contribution is 0.456. The van der Waals surface area contributed by atoms with E-state index < -0.39 is 10.0 Å². The van der Waals surface area contributed by atoms with Gasteiger partial charge in [-0.05, 0) is 55.5 Å². The first kappa shape index (κ1) is 16.5. The van der Waals surface area contributed by atoms with Gasteiger partial charge in [-0.1, -0.05) is 41.4 Å². The van der Waals surface area contributed by atoms with Crippen LogP contribution in [-0.4, -0.2) is 25.8 Å². The first-order valence-corrected chi connectivity index (χ1v) is 9.58. The minimum atomic E-state index is -3.38. The van der Waals surface area contributed by atoms with Gasteiger partial charge in [0.15, 0.2) is 0 Å². The first-order valence-electron chi connectivity index (χ1n) is 7.76. The second-order valence-electron chi connectivity index (χ2n) is 6.16. The molecule has 2 aromatic carbocycles. The van der Waals surface area contributed by atoms with Crippen LogP contribution in [-0.2, 0) is 16.4 Å². The third-order valence-electron chi connectivity index (χ3n) is 4.34. The lowest BCUT2D eigenvalue weighted by Crippen LogP contribution is -2.29. The average molecular weight is 350 g/mol. The van der Waals surface area contributed by atoms with Crippen LogP contribution in [0.2, 0.25) is 5.02 Å². The standard InChI is InChI=1S/C18H20ClNO2S/c1-14-2-8-18(9-3-14)23(21,22)20-11-10-16(13-20)12-15-4-6-17(19)7-5-15/h2-9,16H,10-13H2,1H3. The molecule has 1 aliphatic rings. The molecule has 2 aromatic rings. The van der Waals surface area contributed by atoms with Crippen molar-refractivity contribution < 1.29 is 8.42 Å². The molecule has 1 fully saturated rings. The molecule has 0 aromatic heterocycles. The summed E-state index contributed by atoms with van der Waals surface area (Å²) in [5.41, 5.74) is 2.26. The van der Waals surface area contributed by atoms with Crippen molar-refractivity contribution in [3.63, 3.8) is 0 Å². The molecule has 1 aliphatic heterocycles. The topological polar surface area (TPSA) is 37.4 Å². The van der Waals surface area contributed by atoms with Crippen LogP contribution in [0.5, 0.6) is 0 Å². The predicted octanol–water partition coefficient (Wildman–Crippen LogP) is 3.90. The molecule has 0 aliphatic carbocycles. The largest absolute Gasteiger partial charge is 0.243 e. The van der Waals surface area contributed by atoms with E-state index in [9.17, 15) is 8.42 Å². The highest BCUT2D eigenvalue weighted by molar-refractivity contribution is 7.89. The first-order chi connectivity index (χ1) is 10.9. The van der Waals surface area contributed by atoms with Crippen LogP contribution in [0.3, 0.4) is 0 Å². The highest BCUT2D eigenvalue weighted by atomic mass is 35.5. The zero-order valence-corrected chi connectivity index (χ0v) is 14.6. The molecule has 0 N–H and O–H groups in total. The van der Waals surface area contributed by atoms with Gasteiger partial charge in [0, 0.05) is 18.1 Å². The van der Waals surface area contributed by atoms with Crippen LogP contribution < -0.4 is 0 Å². The van der Waals surface area contributed by atoms with E-state index in [1.54, 1.807) is 16.4 Å². The van der Waals surface area contributed by atoms with Gasteiger partial charge in [-0.2, -0.15) is 4.31 Å². The molecule has 3 rings (SSSR count). The summed E-state index contributed by atoms with van der Waals surface area (Å²) in [7, 11) is -3.38. The van der Waals surface area contributed by atoms with Crippen LogP contribution in [0, 0.1) is 12.8 Å². The SMILES string of the molecule is Cc1ccc(S(=O)(=O)N2CCC(Cc3ccc(Cl)cc3)C2)cc1. The molecule has 0 amide bonds. The molecule has 1 saturated heterocycles. The summed E-state index contributed by atoms with van der Waals surface area (Å²) in [5.74, 6) is 0.358. The van der Waals surface area contributed by atoms with Gasteiger partial charge in [-0.15, -0.1) is 0 Å². The molecule has 0 saturated carbocycles. The van der Waals surface area contributed by atoms with Gasteiger partial charge in [0.05, 0.1) is 4.90 Å². The average Bonchev–Trinajstić information content (AvgIpc) is 2.99. The number of nitrogens with zero attached hydrogens (tertiary/aromatic N) is 1. The second-order valence-corrected chi connectivity index (χ2v) is 8.54. The molecule has 3 nitrogen and oxygen atoms in total. The molecule has 1 heterocycles. The summed E-state index contributed by atoms with van der Waals surface area (Å²) in [6, 6.07) is 14.9. The molecule has 122 valence electrons. The van der Waals surface area contributed by atoms with Gasteiger partial charge in [0.25, 0.3) is 0 Å². The Hall–Kier alpha value is -1.36. The smallest absolute Gasteiger partial charge is 0.207 e. The zero-order valence-electron chi connectivity index (χ0n) is 13.1. The highest BCUT2D eigenvalue weighted by Crippen LogP contribution is 2.27. The van der Waals surface area contributed by atoms with Crippen LogP contribution in [0.1, 0.15) is 17.5 Å². The van der Waals surface area contributed by atoms with E-state index in [4.69, 9.17) is 11.6 Å². The molecular formula is C18H20ClNO2S. The van der Waals surface area contributed by atoms with Crippen molar-refractivity contribution in [2.75, 3.05) is 13.1 Å². The van der Waals surface area contributed by atoms with Crippen LogP contribution >= 0.6 is 11.6 Å². The summed E-state index contributed by atoms with van der Waals surface area (Å²) >= 11 is 5.90. The van der Waals surface area contributed by atoms with Crippen molar-refractivity contribution in [2.45, 2.75) is 24.7 Å². The summed E-state index contributed by atoms with van der Waals surface area (Å²) in [6.45, 7) is 3.13. The Bertz CT molecular complexity index is 770. The normalized spacial score (nSPS) is 19.1. The molecule has 0 spiro atoms. The Morgan fingerprint density at radius 3 is 2.39 bits per heavy atom. The van der Waals surface area contributed by atoms with E-state index in [2.05, 4.69) is 0 Å². The van der Waals surface area contributed by atoms with Gasteiger partial charge in [0.1, 0.15) is 0 Å². The van der Waals surface area contributed by atoms with E-state index in [0.29, 0.717) is 23.9 Å². The minimum absolute atomic E-state index is 0.358. The number of sulfonamides is 1. The Labute approximate surface area is 142 Å². The fourth-order valence-electron chi connectivity index (χ4n) is 3.00. The van der Waals surface area contributed by atoms with Crippen LogP contribution in [0.4, 0.5) is 0 Å². The number of hydrogen-bond acceptors (Lipinski definition) is 2. The van der Waals surface area contributed by atoms with Gasteiger partial charge in [-0.25, -0.2) is 8.42 Å². The fraction of sp³-hybridized carbons (Fsp3) is 0.333. The van der Waals surface area contributed by atoms with Gasteiger partial charge in [0.2, 0.25) is 10.0 Å². The Kier molecular flexibility index (Phi) is 4.76. The monoisotopic (exact) mass is 349 g/mol. The number of halogens is 1. The second kappa shape index (κ2) is 6.63. The fourth-order valence-corrected chi connectivity index (χ4v) is 4.65. The maximum Gasteiger partial charge on any atom is 0.243 e. The number of rotatable bonds is 4. The third-order valence-corrected chi connectivity index (χ3v) is 6.48. The van der Waals surface area contributed by atoms with Crippen molar-refractivity contribution in [3.8, 4) is 0 Å². The molecule has 1 unspecified atom stereocenters. The third kappa shape index (κ3) is 3.77. The Morgan fingerprint density at radius 1 is 1.09 bits per heavy atom. The molecular weight excluding hydrogens is 330 g/mol. The summed E-state index contributed by atoms with van der Waals surface area (Å²) in [5, 5.41) is 0.726. The maximum atomic E-state index is 12.7. The summed E-state index contributed by atoms with van der Waals surface area (Å²) in [4.78, 5) is 0.384. The van der Waals surface area contributed by atoms with Gasteiger partial charge < -0.3 is 0 Å². The Balaban J connectivity index is 1.69. The van der Waals surface area contributed by atoms with Crippen molar-refractivity contribution >= 4 is 21.6 Å². The number of benzene rings is 2. The Morgan fingerprint density at radius 2 is 1.74 bits per heavy atom. The van der Waals surface area contributed by atoms with Gasteiger partial charge >= 0.3 is 0 Å². The summed E-state index contributed by atoms with van der Waals surface area (Å²) < 4.78 is 27.0. The maximum absolute atomic E-state index is 12.7. The molecule has 5 heteroatoms. The lowest BCUT2D eigenvalue weighted by atomic mass is 9.99. The molecule has 23 heavy (non-hydrogen) atoms. The van der Waals surface area contributed by atoms with E-state index in [1.807, 2.05) is 43.3 Å². The van der Waals surface area contributed by atoms with Crippen LogP contribution in [0.15, 0.2) is 53.4 Å². The van der Waals surface area contributed by atoms with E-state index in [1.165, 1.54) is 5.56 Å². The zero-order chi connectivity index (χ0) is 16.4. The van der Waals surface area contributed by atoms with Crippen LogP contribution in [0.25, 0.3) is 0 Å². The quantitative estimate of drug-likeness (QED) is 0.839. The molecule has 1 atom stereocenters. The number of aryl methyl sites for hydroxylation is 1. The summed E-state index contributed by atoms with van der Waals surface area (Å²) in [6.07, 6.45) is 1.78. The molecule has 0 bridgehead atoms. The number of hydrogen-bond donors (Lipinski definition) is 0. The van der Waals surface area contributed by atoms with Crippen molar-refractivity contribution in [2.24, 2.45) is 5.92 Å². The lowest BCUT2D eigenvalue weighted by Gasteiger charge is -2.17. The molecule has 0 radical (unpaired) electrons. The van der Waals surface area contributed by atoms with E-state index in [-0.39, 0.29) is 0 Å². The van der Waals surface area contributed by atoms with E-state index >= 15 is 0 Å². The minimum Gasteiger partial charge on any atom is -0.207 e.